The minimum atomic E-state index is -0.845. The number of carbonyl (C=O) groups is 1. The Morgan fingerprint density at radius 3 is 2.50 bits per heavy atom. The summed E-state index contributed by atoms with van der Waals surface area (Å²) in [5.74, 6) is -0.845. The van der Waals surface area contributed by atoms with E-state index in [1.165, 1.54) is 6.40 Å². The molecule has 0 aliphatic carbocycles. The first kappa shape index (κ1) is 10.7. The SMILES string of the molecule is C1=NCCO1.CC=C(C)C(=O)O. The minimum absolute atomic E-state index is 0.389. The molecule has 0 unspecified atom stereocenters. The van der Waals surface area contributed by atoms with Crippen LogP contribution < -0.4 is 0 Å². The van der Waals surface area contributed by atoms with Gasteiger partial charge in [0, 0.05) is 5.57 Å². The van der Waals surface area contributed by atoms with Crippen molar-refractivity contribution in [1.29, 1.82) is 0 Å². The fourth-order valence-corrected chi connectivity index (χ4v) is 0.387. The lowest BCUT2D eigenvalue weighted by Crippen LogP contribution is -1.93. The Morgan fingerprint density at radius 2 is 2.42 bits per heavy atom. The lowest BCUT2D eigenvalue weighted by molar-refractivity contribution is -0.132. The number of hydrogen-bond donors (Lipinski definition) is 1. The van der Waals surface area contributed by atoms with Gasteiger partial charge in [-0.1, -0.05) is 6.08 Å². The van der Waals surface area contributed by atoms with Gasteiger partial charge in [-0.15, -0.1) is 0 Å². The van der Waals surface area contributed by atoms with Crippen molar-refractivity contribution in [2.45, 2.75) is 13.8 Å². The van der Waals surface area contributed by atoms with Crippen LogP contribution in [0.2, 0.25) is 0 Å². The largest absolute Gasteiger partial charge is 0.482 e. The molecule has 0 amide bonds. The molecule has 1 heterocycles. The molecule has 4 heteroatoms. The van der Waals surface area contributed by atoms with E-state index in [0.29, 0.717) is 5.57 Å². The molecule has 0 aromatic heterocycles. The molecule has 1 aliphatic rings. The van der Waals surface area contributed by atoms with E-state index >= 15 is 0 Å². The number of nitrogens with zero attached hydrogens (tertiary/aromatic N) is 1. The first-order chi connectivity index (χ1) is 5.68. The molecule has 0 bridgehead atoms. The lowest BCUT2D eigenvalue weighted by Gasteiger charge is -1.84. The van der Waals surface area contributed by atoms with Crippen LogP contribution >= 0.6 is 0 Å². The van der Waals surface area contributed by atoms with Gasteiger partial charge in [0.1, 0.15) is 6.61 Å². The van der Waals surface area contributed by atoms with Gasteiger partial charge in [-0.2, -0.15) is 0 Å². The van der Waals surface area contributed by atoms with Gasteiger partial charge in [-0.25, -0.2) is 4.79 Å². The number of rotatable bonds is 1. The molecule has 1 N–H and O–H groups in total. The fraction of sp³-hybridized carbons (Fsp3) is 0.500. The van der Waals surface area contributed by atoms with E-state index in [9.17, 15) is 4.79 Å². The predicted molar refractivity (Wildman–Crippen MR) is 46.4 cm³/mol. The van der Waals surface area contributed by atoms with Gasteiger partial charge in [-0.05, 0) is 13.8 Å². The molecule has 4 nitrogen and oxygen atoms in total. The van der Waals surface area contributed by atoms with Crippen molar-refractivity contribution < 1.29 is 14.6 Å². The molecule has 1 rings (SSSR count). The monoisotopic (exact) mass is 171 g/mol. The van der Waals surface area contributed by atoms with E-state index < -0.39 is 5.97 Å². The lowest BCUT2D eigenvalue weighted by atomic mass is 10.3. The van der Waals surface area contributed by atoms with E-state index in [2.05, 4.69) is 9.73 Å². The number of aliphatic imine (C=N–C) groups is 1. The summed E-state index contributed by atoms with van der Waals surface area (Å²) < 4.78 is 4.65. The second-order valence-electron chi connectivity index (χ2n) is 2.16. The van der Waals surface area contributed by atoms with Crippen LogP contribution in [-0.2, 0) is 9.53 Å². The zero-order valence-corrected chi connectivity index (χ0v) is 7.28. The Morgan fingerprint density at radius 1 is 1.75 bits per heavy atom. The molecule has 0 aromatic carbocycles. The van der Waals surface area contributed by atoms with E-state index in [-0.39, 0.29) is 0 Å². The number of hydrogen-bond acceptors (Lipinski definition) is 3. The summed E-state index contributed by atoms with van der Waals surface area (Å²) in [4.78, 5) is 13.6. The Balaban J connectivity index is 0.000000211. The zero-order valence-electron chi connectivity index (χ0n) is 7.28. The van der Waals surface area contributed by atoms with Gasteiger partial charge < -0.3 is 9.84 Å². The van der Waals surface area contributed by atoms with E-state index in [0.717, 1.165) is 13.2 Å². The van der Waals surface area contributed by atoms with Crippen molar-refractivity contribution in [3.05, 3.63) is 11.6 Å². The molecule has 0 radical (unpaired) electrons. The molecule has 68 valence electrons. The van der Waals surface area contributed by atoms with Crippen molar-refractivity contribution in [2.75, 3.05) is 13.2 Å². The van der Waals surface area contributed by atoms with Gasteiger partial charge in [0.05, 0.1) is 6.54 Å². The van der Waals surface area contributed by atoms with Crippen LogP contribution in [0.5, 0.6) is 0 Å². The van der Waals surface area contributed by atoms with Gasteiger partial charge in [0.2, 0.25) is 0 Å². The average molecular weight is 171 g/mol. The summed E-state index contributed by atoms with van der Waals surface area (Å²) in [7, 11) is 0. The Bertz CT molecular complexity index is 190. The summed E-state index contributed by atoms with van der Waals surface area (Å²) >= 11 is 0. The fourth-order valence-electron chi connectivity index (χ4n) is 0.387. The van der Waals surface area contributed by atoms with Crippen molar-refractivity contribution in [1.82, 2.24) is 0 Å². The topological polar surface area (TPSA) is 58.9 Å². The summed E-state index contributed by atoms with van der Waals surface area (Å²) in [6, 6.07) is 0. The third-order valence-electron chi connectivity index (χ3n) is 1.26. The molecule has 0 spiro atoms. The highest BCUT2D eigenvalue weighted by Crippen LogP contribution is 1.87. The van der Waals surface area contributed by atoms with Gasteiger partial charge in [-0.3, -0.25) is 4.99 Å². The third-order valence-corrected chi connectivity index (χ3v) is 1.26. The Labute approximate surface area is 71.6 Å². The Hall–Kier alpha value is -1.32. The first-order valence-electron chi connectivity index (χ1n) is 3.64. The summed E-state index contributed by atoms with van der Waals surface area (Å²) in [5.41, 5.74) is 0.389. The van der Waals surface area contributed by atoms with Crippen molar-refractivity contribution in [3.63, 3.8) is 0 Å². The van der Waals surface area contributed by atoms with Crippen LogP contribution in [0, 0.1) is 0 Å². The molecule has 0 saturated heterocycles. The molecule has 0 saturated carbocycles. The van der Waals surface area contributed by atoms with Crippen LogP contribution in [0.4, 0.5) is 0 Å². The van der Waals surface area contributed by atoms with Crippen LogP contribution in [0.25, 0.3) is 0 Å². The maximum atomic E-state index is 9.86. The standard InChI is InChI=1S/C5H8O2.C3H5NO/c1-3-4(2)5(6)7;1-2-5-3-4-1/h3H,1-2H3,(H,6,7);3H,1-2H2. The second kappa shape index (κ2) is 6.39. The van der Waals surface area contributed by atoms with Gasteiger partial charge in [0.15, 0.2) is 6.40 Å². The highest BCUT2D eigenvalue weighted by atomic mass is 16.5. The van der Waals surface area contributed by atoms with Crippen molar-refractivity contribution >= 4 is 12.4 Å². The normalized spacial score (nSPS) is 14.7. The quantitative estimate of drug-likeness (QED) is 0.600. The van der Waals surface area contributed by atoms with Gasteiger partial charge >= 0.3 is 5.97 Å². The molecular weight excluding hydrogens is 158 g/mol. The van der Waals surface area contributed by atoms with Crippen LogP contribution in [0.3, 0.4) is 0 Å². The molecule has 0 atom stereocenters. The summed E-state index contributed by atoms with van der Waals surface area (Å²) in [5, 5.41) is 8.11. The molecule has 1 aliphatic heterocycles. The minimum Gasteiger partial charge on any atom is -0.482 e. The van der Waals surface area contributed by atoms with Crippen LogP contribution in [0.1, 0.15) is 13.8 Å². The van der Waals surface area contributed by atoms with Crippen molar-refractivity contribution in [2.24, 2.45) is 4.99 Å². The molecular formula is C8H13NO3. The maximum Gasteiger partial charge on any atom is 0.330 e. The predicted octanol–water partition coefficient (Wildman–Crippen LogP) is 1.08. The average Bonchev–Trinajstić information content (AvgIpc) is 2.59. The van der Waals surface area contributed by atoms with E-state index in [4.69, 9.17) is 5.11 Å². The second-order valence-corrected chi connectivity index (χ2v) is 2.16. The first-order valence-corrected chi connectivity index (χ1v) is 3.64. The van der Waals surface area contributed by atoms with Crippen LogP contribution in [0.15, 0.2) is 16.6 Å². The van der Waals surface area contributed by atoms with Gasteiger partial charge in [0.25, 0.3) is 0 Å². The molecule has 0 fully saturated rings. The summed E-state index contributed by atoms with van der Waals surface area (Å²) in [6.07, 6.45) is 3.04. The highest BCUT2D eigenvalue weighted by Gasteiger charge is 1.93. The number of carboxylic acids is 1. The Kier molecular flexibility index (Phi) is 5.69. The number of ether oxygens (including phenoxy) is 1. The maximum absolute atomic E-state index is 9.86. The number of allylic oxidation sites excluding steroid dienone is 1. The molecule has 12 heavy (non-hydrogen) atoms. The van der Waals surface area contributed by atoms with Crippen LogP contribution in [-0.4, -0.2) is 30.6 Å². The van der Waals surface area contributed by atoms with E-state index in [1.54, 1.807) is 19.9 Å². The zero-order chi connectivity index (χ0) is 9.40. The third kappa shape index (κ3) is 5.46. The number of carboxylic acid groups (broad SMARTS) is 1. The molecule has 0 aromatic rings. The summed E-state index contributed by atoms with van der Waals surface area (Å²) in [6.45, 7) is 4.88. The van der Waals surface area contributed by atoms with Crippen molar-refractivity contribution in [3.8, 4) is 0 Å². The highest BCUT2D eigenvalue weighted by molar-refractivity contribution is 5.85. The smallest absolute Gasteiger partial charge is 0.330 e. The van der Waals surface area contributed by atoms with E-state index in [1.807, 2.05) is 0 Å². The number of aliphatic carboxylic acids is 1.